The molecule has 0 aromatic carbocycles. The summed E-state index contributed by atoms with van der Waals surface area (Å²) in [6.45, 7) is 5.32. The summed E-state index contributed by atoms with van der Waals surface area (Å²) >= 11 is 0. The monoisotopic (exact) mass is 301 g/mol. The molecule has 2 amide bonds. The Bertz CT molecular complexity index is 567. The van der Waals surface area contributed by atoms with Crippen molar-refractivity contribution in [3.05, 3.63) is 29.6 Å². The number of piperidine rings is 1. The van der Waals surface area contributed by atoms with Gasteiger partial charge in [0.1, 0.15) is 11.4 Å². The Labute approximate surface area is 131 Å². The van der Waals surface area contributed by atoms with Crippen molar-refractivity contribution in [1.82, 2.24) is 14.8 Å². The predicted molar refractivity (Wildman–Crippen MR) is 83.7 cm³/mol. The summed E-state index contributed by atoms with van der Waals surface area (Å²) in [6, 6.07) is 5.18. The maximum Gasteiger partial charge on any atom is 0.272 e. The minimum atomic E-state index is -0.0563. The van der Waals surface area contributed by atoms with Gasteiger partial charge < -0.3 is 9.80 Å². The van der Waals surface area contributed by atoms with Gasteiger partial charge in [0.15, 0.2) is 0 Å². The largest absolute Gasteiger partial charge is 0.337 e. The van der Waals surface area contributed by atoms with Crippen LogP contribution in [0.2, 0.25) is 0 Å². The summed E-state index contributed by atoms with van der Waals surface area (Å²) in [5.74, 6) is 0.425. The Morgan fingerprint density at radius 2 is 1.59 bits per heavy atom. The van der Waals surface area contributed by atoms with Crippen LogP contribution in [0.5, 0.6) is 0 Å². The van der Waals surface area contributed by atoms with Crippen molar-refractivity contribution in [2.75, 3.05) is 26.2 Å². The molecule has 1 aromatic rings. The first-order chi connectivity index (χ1) is 10.6. The summed E-state index contributed by atoms with van der Waals surface area (Å²) in [6.07, 6.45) is 4.32. The van der Waals surface area contributed by atoms with Gasteiger partial charge in [-0.05, 0) is 43.7 Å². The van der Waals surface area contributed by atoms with E-state index in [4.69, 9.17) is 0 Å². The second-order valence-corrected chi connectivity index (χ2v) is 6.41. The first kappa shape index (κ1) is 15.0. The van der Waals surface area contributed by atoms with Gasteiger partial charge in [-0.15, -0.1) is 0 Å². The van der Waals surface area contributed by atoms with Crippen molar-refractivity contribution in [3.8, 4) is 0 Å². The number of amides is 2. The van der Waals surface area contributed by atoms with Crippen molar-refractivity contribution in [1.29, 1.82) is 0 Å². The average molecular weight is 301 g/mol. The highest BCUT2D eigenvalue weighted by atomic mass is 16.2. The summed E-state index contributed by atoms with van der Waals surface area (Å²) in [5, 5.41) is 0. The lowest BCUT2D eigenvalue weighted by molar-refractivity contribution is 0.0676. The van der Waals surface area contributed by atoms with Crippen LogP contribution in [0.3, 0.4) is 0 Å². The highest BCUT2D eigenvalue weighted by Gasteiger charge is 2.25. The Morgan fingerprint density at radius 3 is 2.23 bits per heavy atom. The Balaban J connectivity index is 1.75. The zero-order valence-corrected chi connectivity index (χ0v) is 13.1. The number of nitrogens with zero attached hydrogens (tertiary/aromatic N) is 3. The average Bonchev–Trinajstić information content (AvgIpc) is 3.08. The van der Waals surface area contributed by atoms with Gasteiger partial charge in [-0.1, -0.05) is 13.0 Å². The Kier molecular flexibility index (Phi) is 4.41. The molecule has 118 valence electrons. The maximum absolute atomic E-state index is 12.6. The zero-order chi connectivity index (χ0) is 15.5. The van der Waals surface area contributed by atoms with Crippen molar-refractivity contribution >= 4 is 11.8 Å². The summed E-state index contributed by atoms with van der Waals surface area (Å²) in [7, 11) is 0. The molecule has 0 spiro atoms. The van der Waals surface area contributed by atoms with E-state index in [-0.39, 0.29) is 11.8 Å². The smallest absolute Gasteiger partial charge is 0.272 e. The van der Waals surface area contributed by atoms with E-state index in [0.29, 0.717) is 17.3 Å². The molecule has 0 radical (unpaired) electrons. The van der Waals surface area contributed by atoms with Crippen LogP contribution in [-0.4, -0.2) is 52.8 Å². The van der Waals surface area contributed by atoms with Crippen molar-refractivity contribution in [2.24, 2.45) is 5.92 Å². The molecule has 0 bridgehead atoms. The second kappa shape index (κ2) is 6.46. The number of rotatable bonds is 2. The number of carbonyl (C=O) groups excluding carboxylic acids is 2. The zero-order valence-electron chi connectivity index (χ0n) is 13.1. The molecular weight excluding hydrogens is 278 g/mol. The lowest BCUT2D eigenvalue weighted by atomic mass is 10.00. The molecule has 5 heteroatoms. The van der Waals surface area contributed by atoms with Gasteiger partial charge in [0.2, 0.25) is 0 Å². The minimum Gasteiger partial charge on any atom is -0.337 e. The molecule has 3 heterocycles. The standard InChI is InChI=1S/C17H23N3O2/c1-13-6-5-11-20(12-13)17(22)15-8-4-7-14(18-15)16(21)19-9-2-3-10-19/h4,7-8,13H,2-3,5-6,9-12H2,1H3. The number of aromatic nitrogens is 1. The van der Waals surface area contributed by atoms with Crippen LogP contribution >= 0.6 is 0 Å². The topological polar surface area (TPSA) is 53.5 Å². The molecule has 2 saturated heterocycles. The van der Waals surface area contributed by atoms with Crippen LogP contribution in [0.25, 0.3) is 0 Å². The number of hydrogen-bond donors (Lipinski definition) is 0. The normalized spacial score (nSPS) is 22.0. The molecule has 5 nitrogen and oxygen atoms in total. The molecule has 1 aromatic heterocycles. The fourth-order valence-electron chi connectivity index (χ4n) is 3.29. The van der Waals surface area contributed by atoms with Crippen LogP contribution in [-0.2, 0) is 0 Å². The van der Waals surface area contributed by atoms with Gasteiger partial charge in [-0.2, -0.15) is 0 Å². The number of hydrogen-bond acceptors (Lipinski definition) is 3. The summed E-state index contributed by atoms with van der Waals surface area (Å²) in [5.41, 5.74) is 0.775. The Hall–Kier alpha value is -1.91. The summed E-state index contributed by atoms with van der Waals surface area (Å²) < 4.78 is 0. The molecule has 3 rings (SSSR count). The SMILES string of the molecule is CC1CCCN(C(=O)c2cccc(C(=O)N3CCCC3)n2)C1. The third kappa shape index (κ3) is 3.13. The van der Waals surface area contributed by atoms with Crippen LogP contribution in [0, 0.1) is 5.92 Å². The van der Waals surface area contributed by atoms with E-state index in [9.17, 15) is 9.59 Å². The van der Waals surface area contributed by atoms with Gasteiger partial charge >= 0.3 is 0 Å². The predicted octanol–water partition coefficient (Wildman–Crippen LogP) is 2.19. The molecule has 22 heavy (non-hydrogen) atoms. The van der Waals surface area contributed by atoms with Gasteiger partial charge in [-0.3, -0.25) is 9.59 Å². The minimum absolute atomic E-state index is 0.0531. The number of pyridine rings is 1. The third-order valence-corrected chi connectivity index (χ3v) is 4.52. The van der Waals surface area contributed by atoms with E-state index in [1.807, 2.05) is 9.80 Å². The first-order valence-corrected chi connectivity index (χ1v) is 8.21. The van der Waals surface area contributed by atoms with E-state index < -0.39 is 0 Å². The molecule has 0 aliphatic carbocycles. The highest BCUT2D eigenvalue weighted by Crippen LogP contribution is 2.18. The van der Waals surface area contributed by atoms with Gasteiger partial charge in [0.05, 0.1) is 0 Å². The third-order valence-electron chi connectivity index (χ3n) is 4.52. The summed E-state index contributed by atoms with van der Waals surface area (Å²) in [4.78, 5) is 33.0. The van der Waals surface area contributed by atoms with Crippen LogP contribution < -0.4 is 0 Å². The van der Waals surface area contributed by atoms with E-state index >= 15 is 0 Å². The van der Waals surface area contributed by atoms with Crippen LogP contribution in [0.15, 0.2) is 18.2 Å². The van der Waals surface area contributed by atoms with Gasteiger partial charge in [-0.25, -0.2) is 4.98 Å². The molecule has 2 aliphatic heterocycles. The van der Waals surface area contributed by atoms with E-state index in [2.05, 4.69) is 11.9 Å². The van der Waals surface area contributed by atoms with Crippen LogP contribution in [0.4, 0.5) is 0 Å². The molecule has 2 fully saturated rings. The first-order valence-electron chi connectivity index (χ1n) is 8.21. The fourth-order valence-corrected chi connectivity index (χ4v) is 3.29. The van der Waals surface area contributed by atoms with E-state index in [0.717, 1.165) is 45.4 Å². The number of likely N-dealkylation sites (tertiary alicyclic amines) is 2. The fraction of sp³-hybridized carbons (Fsp3) is 0.588. The quantitative estimate of drug-likeness (QED) is 0.841. The van der Waals surface area contributed by atoms with Gasteiger partial charge in [0, 0.05) is 26.2 Å². The number of carbonyl (C=O) groups is 2. The van der Waals surface area contributed by atoms with Crippen molar-refractivity contribution < 1.29 is 9.59 Å². The van der Waals surface area contributed by atoms with E-state index in [1.165, 1.54) is 6.42 Å². The molecule has 2 aliphatic rings. The van der Waals surface area contributed by atoms with Gasteiger partial charge in [0.25, 0.3) is 11.8 Å². The molecular formula is C17H23N3O2. The highest BCUT2D eigenvalue weighted by molar-refractivity contribution is 5.96. The van der Waals surface area contributed by atoms with E-state index in [1.54, 1.807) is 18.2 Å². The molecule has 0 saturated carbocycles. The molecule has 1 unspecified atom stereocenters. The Morgan fingerprint density at radius 1 is 1.00 bits per heavy atom. The lowest BCUT2D eigenvalue weighted by Gasteiger charge is -2.30. The van der Waals surface area contributed by atoms with Crippen LogP contribution in [0.1, 0.15) is 53.6 Å². The van der Waals surface area contributed by atoms with Crippen molar-refractivity contribution in [2.45, 2.75) is 32.6 Å². The second-order valence-electron chi connectivity index (χ2n) is 6.41. The molecule has 1 atom stereocenters. The molecule has 0 N–H and O–H groups in total. The van der Waals surface area contributed by atoms with Crippen molar-refractivity contribution in [3.63, 3.8) is 0 Å². The lowest BCUT2D eigenvalue weighted by Crippen LogP contribution is -2.39. The maximum atomic E-state index is 12.6.